The van der Waals surface area contributed by atoms with Crippen LogP contribution < -0.4 is 0 Å². The minimum Gasteiger partial charge on any atom is -0.496 e. The van der Waals surface area contributed by atoms with Gasteiger partial charge in [0.25, 0.3) is 0 Å². The standard InChI is InChI=1S/C11H14O/c1-4-11(12-3)10-7-5-9(2)6-8-10/h4-8H,1-3H3. The first-order valence-corrected chi connectivity index (χ1v) is 4.05. The van der Waals surface area contributed by atoms with Crippen LogP contribution >= 0.6 is 0 Å². The molecule has 0 saturated heterocycles. The topological polar surface area (TPSA) is 9.23 Å². The van der Waals surface area contributed by atoms with Crippen LogP contribution in [0.3, 0.4) is 0 Å². The first kappa shape index (κ1) is 8.85. The molecular weight excluding hydrogens is 148 g/mol. The monoisotopic (exact) mass is 162 g/mol. The van der Waals surface area contributed by atoms with Gasteiger partial charge in [0.2, 0.25) is 0 Å². The third-order valence-corrected chi connectivity index (χ3v) is 1.82. The Kier molecular flexibility index (Phi) is 2.92. The number of methoxy groups -OCH3 is 1. The number of rotatable bonds is 2. The van der Waals surface area contributed by atoms with Crippen molar-refractivity contribution in [1.29, 1.82) is 0 Å². The van der Waals surface area contributed by atoms with Gasteiger partial charge in [-0.3, -0.25) is 0 Å². The van der Waals surface area contributed by atoms with Crippen molar-refractivity contribution in [3.8, 4) is 0 Å². The van der Waals surface area contributed by atoms with E-state index in [0.717, 1.165) is 11.3 Å². The second-order valence-corrected chi connectivity index (χ2v) is 2.72. The molecule has 0 aliphatic carbocycles. The smallest absolute Gasteiger partial charge is 0.121 e. The highest BCUT2D eigenvalue weighted by molar-refractivity contribution is 5.59. The summed E-state index contributed by atoms with van der Waals surface area (Å²) in [5.74, 6) is 0.926. The summed E-state index contributed by atoms with van der Waals surface area (Å²) in [5.41, 5.74) is 2.40. The molecule has 0 saturated carbocycles. The van der Waals surface area contributed by atoms with Crippen molar-refractivity contribution < 1.29 is 4.74 Å². The van der Waals surface area contributed by atoms with Gasteiger partial charge >= 0.3 is 0 Å². The number of ether oxygens (including phenoxy) is 1. The van der Waals surface area contributed by atoms with E-state index in [-0.39, 0.29) is 0 Å². The lowest BCUT2D eigenvalue weighted by atomic mass is 10.1. The molecule has 1 aromatic rings. The van der Waals surface area contributed by atoms with Crippen molar-refractivity contribution in [2.75, 3.05) is 7.11 Å². The molecule has 64 valence electrons. The lowest BCUT2D eigenvalue weighted by Gasteiger charge is -2.05. The van der Waals surface area contributed by atoms with Gasteiger partial charge in [-0.15, -0.1) is 0 Å². The van der Waals surface area contributed by atoms with Gasteiger partial charge in [-0.1, -0.05) is 29.8 Å². The molecule has 0 atom stereocenters. The number of allylic oxidation sites excluding steroid dienone is 1. The predicted molar refractivity (Wildman–Crippen MR) is 51.8 cm³/mol. The molecular formula is C11H14O. The quantitative estimate of drug-likeness (QED) is 0.607. The Balaban J connectivity index is 2.96. The zero-order valence-electron chi connectivity index (χ0n) is 7.79. The van der Waals surface area contributed by atoms with Crippen LogP contribution in [0.1, 0.15) is 18.1 Å². The summed E-state index contributed by atoms with van der Waals surface area (Å²) in [6.07, 6.45) is 1.96. The minimum atomic E-state index is 0.926. The lowest BCUT2D eigenvalue weighted by Crippen LogP contribution is -1.86. The summed E-state index contributed by atoms with van der Waals surface area (Å²) in [5, 5.41) is 0. The second kappa shape index (κ2) is 3.96. The second-order valence-electron chi connectivity index (χ2n) is 2.72. The van der Waals surface area contributed by atoms with Crippen molar-refractivity contribution in [2.24, 2.45) is 0 Å². The number of aryl methyl sites for hydroxylation is 1. The fraction of sp³-hybridized carbons (Fsp3) is 0.273. The summed E-state index contributed by atoms with van der Waals surface area (Å²) in [7, 11) is 1.69. The van der Waals surface area contributed by atoms with E-state index < -0.39 is 0 Å². The average Bonchev–Trinajstić information content (AvgIpc) is 2.10. The molecule has 0 heterocycles. The Morgan fingerprint density at radius 2 is 1.83 bits per heavy atom. The Morgan fingerprint density at radius 3 is 2.25 bits per heavy atom. The summed E-state index contributed by atoms with van der Waals surface area (Å²) in [6.45, 7) is 4.05. The third-order valence-electron chi connectivity index (χ3n) is 1.82. The zero-order chi connectivity index (χ0) is 8.97. The van der Waals surface area contributed by atoms with Crippen LogP contribution in [0, 0.1) is 6.92 Å². The van der Waals surface area contributed by atoms with Crippen LogP contribution in [-0.4, -0.2) is 7.11 Å². The van der Waals surface area contributed by atoms with Crippen molar-refractivity contribution in [3.05, 3.63) is 41.5 Å². The maximum absolute atomic E-state index is 5.19. The molecule has 0 aromatic heterocycles. The van der Waals surface area contributed by atoms with Gasteiger partial charge in [-0.2, -0.15) is 0 Å². The SMILES string of the molecule is CC=C(OC)c1ccc(C)cc1. The molecule has 0 radical (unpaired) electrons. The average molecular weight is 162 g/mol. The minimum absolute atomic E-state index is 0.926. The molecule has 1 nitrogen and oxygen atoms in total. The fourth-order valence-electron chi connectivity index (χ4n) is 1.12. The lowest BCUT2D eigenvalue weighted by molar-refractivity contribution is 0.369. The van der Waals surface area contributed by atoms with Crippen LogP contribution in [0.4, 0.5) is 0 Å². The summed E-state index contributed by atoms with van der Waals surface area (Å²) in [6, 6.07) is 8.29. The molecule has 1 rings (SSSR count). The van der Waals surface area contributed by atoms with Gasteiger partial charge in [0.05, 0.1) is 7.11 Å². The normalized spacial score (nSPS) is 11.4. The van der Waals surface area contributed by atoms with Crippen molar-refractivity contribution in [3.63, 3.8) is 0 Å². The van der Waals surface area contributed by atoms with E-state index in [2.05, 4.69) is 31.2 Å². The Labute approximate surface area is 73.7 Å². The Hall–Kier alpha value is -1.24. The van der Waals surface area contributed by atoms with Gasteiger partial charge in [-0.25, -0.2) is 0 Å². The molecule has 12 heavy (non-hydrogen) atoms. The van der Waals surface area contributed by atoms with E-state index in [1.165, 1.54) is 5.56 Å². The van der Waals surface area contributed by atoms with Gasteiger partial charge in [0.15, 0.2) is 0 Å². The number of hydrogen-bond acceptors (Lipinski definition) is 1. The Bertz CT molecular complexity index is 270. The van der Waals surface area contributed by atoms with Crippen LogP contribution in [0.25, 0.3) is 5.76 Å². The maximum Gasteiger partial charge on any atom is 0.121 e. The van der Waals surface area contributed by atoms with E-state index in [4.69, 9.17) is 4.74 Å². The molecule has 1 aromatic carbocycles. The molecule has 0 spiro atoms. The highest BCUT2D eigenvalue weighted by Crippen LogP contribution is 2.14. The van der Waals surface area contributed by atoms with Crippen LogP contribution in [0.15, 0.2) is 30.3 Å². The number of benzene rings is 1. The first-order chi connectivity index (χ1) is 5.77. The van der Waals surface area contributed by atoms with Gasteiger partial charge in [-0.05, 0) is 19.9 Å². The molecule has 1 heteroatoms. The predicted octanol–water partition coefficient (Wildman–Crippen LogP) is 3.00. The van der Waals surface area contributed by atoms with Crippen LogP contribution in [0.2, 0.25) is 0 Å². The summed E-state index contributed by atoms with van der Waals surface area (Å²) < 4.78 is 5.19. The molecule has 0 unspecified atom stereocenters. The molecule has 0 aliphatic rings. The highest BCUT2D eigenvalue weighted by Gasteiger charge is 1.97. The van der Waals surface area contributed by atoms with Gasteiger partial charge in [0, 0.05) is 5.56 Å². The van der Waals surface area contributed by atoms with Crippen molar-refractivity contribution in [2.45, 2.75) is 13.8 Å². The Morgan fingerprint density at radius 1 is 1.25 bits per heavy atom. The maximum atomic E-state index is 5.19. The van der Waals surface area contributed by atoms with E-state index in [9.17, 15) is 0 Å². The number of hydrogen-bond donors (Lipinski definition) is 0. The van der Waals surface area contributed by atoms with E-state index in [1.54, 1.807) is 7.11 Å². The highest BCUT2D eigenvalue weighted by atomic mass is 16.5. The van der Waals surface area contributed by atoms with E-state index in [1.807, 2.05) is 13.0 Å². The summed E-state index contributed by atoms with van der Waals surface area (Å²) in [4.78, 5) is 0. The largest absolute Gasteiger partial charge is 0.496 e. The van der Waals surface area contributed by atoms with Crippen LogP contribution in [0.5, 0.6) is 0 Å². The van der Waals surface area contributed by atoms with E-state index in [0.29, 0.717) is 0 Å². The van der Waals surface area contributed by atoms with Gasteiger partial charge < -0.3 is 4.74 Å². The molecule has 0 N–H and O–H groups in total. The van der Waals surface area contributed by atoms with E-state index >= 15 is 0 Å². The van der Waals surface area contributed by atoms with Gasteiger partial charge in [0.1, 0.15) is 5.76 Å². The van der Waals surface area contributed by atoms with Crippen LogP contribution in [-0.2, 0) is 4.74 Å². The zero-order valence-corrected chi connectivity index (χ0v) is 7.79. The molecule has 0 bridgehead atoms. The third kappa shape index (κ3) is 1.88. The molecule has 0 aliphatic heterocycles. The summed E-state index contributed by atoms with van der Waals surface area (Å²) >= 11 is 0. The van der Waals surface area contributed by atoms with Crippen molar-refractivity contribution >= 4 is 5.76 Å². The molecule has 0 amide bonds. The van der Waals surface area contributed by atoms with Crippen molar-refractivity contribution in [1.82, 2.24) is 0 Å². The first-order valence-electron chi connectivity index (χ1n) is 4.05. The fourth-order valence-corrected chi connectivity index (χ4v) is 1.12. The molecule has 0 fully saturated rings.